The molecule has 1 aliphatic rings. The Hall–Kier alpha value is -3.10. The Kier molecular flexibility index (Phi) is 9.37. The molecule has 1 amide bonds. The topological polar surface area (TPSA) is 63.6 Å². The monoisotopic (exact) mass is 561 g/mol. The summed E-state index contributed by atoms with van der Waals surface area (Å²) >= 11 is 7.79. The first-order valence-corrected chi connectivity index (χ1v) is 14.6. The van der Waals surface area contributed by atoms with Gasteiger partial charge < -0.3 is 14.6 Å². The summed E-state index contributed by atoms with van der Waals surface area (Å²) in [7, 11) is 0. The van der Waals surface area contributed by atoms with Crippen molar-refractivity contribution in [2.75, 3.05) is 32.1 Å². The van der Waals surface area contributed by atoms with Crippen LogP contribution in [0.3, 0.4) is 0 Å². The molecule has 1 aromatic heterocycles. The second kappa shape index (κ2) is 13.3. The minimum Gasteiger partial charge on any atom is -0.379 e. The van der Waals surface area contributed by atoms with Crippen LogP contribution in [0.1, 0.15) is 27.9 Å². The molecule has 202 valence electrons. The number of fused-ring (bicyclic) bond motifs is 1. The summed E-state index contributed by atoms with van der Waals surface area (Å²) in [5.41, 5.74) is 2.75. The van der Waals surface area contributed by atoms with E-state index in [-0.39, 0.29) is 16.9 Å². The lowest BCUT2D eigenvalue weighted by Gasteiger charge is -2.26. The van der Waals surface area contributed by atoms with Crippen molar-refractivity contribution in [1.29, 1.82) is 0 Å². The van der Waals surface area contributed by atoms with Gasteiger partial charge in [-0.15, -0.1) is 11.8 Å². The van der Waals surface area contributed by atoms with Gasteiger partial charge in [0.25, 0.3) is 5.91 Å². The molecule has 2 heterocycles. The van der Waals surface area contributed by atoms with Crippen LogP contribution in [0.15, 0.2) is 88.7 Å². The summed E-state index contributed by atoms with van der Waals surface area (Å²) in [6, 6.07) is 23.7. The van der Waals surface area contributed by atoms with Crippen LogP contribution in [-0.4, -0.2) is 47.4 Å². The fourth-order valence-electron chi connectivity index (χ4n) is 4.73. The van der Waals surface area contributed by atoms with Crippen LogP contribution < -0.4 is 10.7 Å². The first-order valence-electron chi connectivity index (χ1n) is 13.2. The molecule has 0 bridgehead atoms. The highest BCUT2D eigenvalue weighted by Crippen LogP contribution is 2.21. The average Bonchev–Trinajstić information content (AvgIpc) is 2.97. The van der Waals surface area contributed by atoms with Crippen molar-refractivity contribution >= 4 is 40.2 Å². The minimum absolute atomic E-state index is 0.163. The molecule has 6 nitrogen and oxygen atoms in total. The highest BCUT2D eigenvalue weighted by Gasteiger charge is 2.17. The first-order chi connectivity index (χ1) is 19.1. The molecule has 8 heteroatoms. The minimum atomic E-state index is -0.372. The van der Waals surface area contributed by atoms with Gasteiger partial charge in [-0.05, 0) is 59.7 Å². The van der Waals surface area contributed by atoms with Crippen molar-refractivity contribution in [2.45, 2.75) is 31.0 Å². The third-order valence-electron chi connectivity index (χ3n) is 6.82. The van der Waals surface area contributed by atoms with Gasteiger partial charge in [-0.3, -0.25) is 14.5 Å². The van der Waals surface area contributed by atoms with Crippen LogP contribution in [0.2, 0.25) is 5.02 Å². The zero-order chi connectivity index (χ0) is 27.0. The van der Waals surface area contributed by atoms with E-state index in [0.29, 0.717) is 23.5 Å². The standard InChI is InChI=1S/C31H32ClN3O3S/c32-25-10-7-23(8-11-25)20-33-31(37)28-22-35(13-4-18-39-26-5-2-1-3-6-26)29-12-9-24(19-27(29)30(28)36)21-34-14-16-38-17-15-34/h1-3,5-12,19,22H,4,13-18,20-21H2,(H,33,37). The summed E-state index contributed by atoms with van der Waals surface area (Å²) in [6.07, 6.45) is 2.62. The van der Waals surface area contributed by atoms with Gasteiger partial charge in [0, 0.05) is 54.2 Å². The molecule has 0 aliphatic carbocycles. The third-order valence-corrected chi connectivity index (χ3v) is 8.17. The SMILES string of the molecule is O=C(NCc1ccc(Cl)cc1)c1cn(CCCSc2ccccc2)c2ccc(CN3CCOCC3)cc2c1=O. The highest BCUT2D eigenvalue weighted by molar-refractivity contribution is 7.99. The van der Waals surface area contributed by atoms with E-state index in [1.165, 1.54) is 4.90 Å². The van der Waals surface area contributed by atoms with Crippen LogP contribution in [0.4, 0.5) is 0 Å². The van der Waals surface area contributed by atoms with E-state index >= 15 is 0 Å². The van der Waals surface area contributed by atoms with Crippen molar-refractivity contribution in [2.24, 2.45) is 0 Å². The van der Waals surface area contributed by atoms with Gasteiger partial charge in [0.05, 0.1) is 18.7 Å². The van der Waals surface area contributed by atoms with E-state index in [0.717, 1.165) is 61.7 Å². The molecule has 5 rings (SSSR count). The fourth-order valence-corrected chi connectivity index (χ4v) is 5.71. The van der Waals surface area contributed by atoms with Crippen LogP contribution in [0.5, 0.6) is 0 Å². The number of rotatable bonds is 10. The number of amides is 1. The van der Waals surface area contributed by atoms with E-state index in [1.54, 1.807) is 18.3 Å². The number of pyridine rings is 1. The Balaban J connectivity index is 1.39. The van der Waals surface area contributed by atoms with Crippen molar-refractivity contribution in [3.8, 4) is 0 Å². The molecule has 1 N–H and O–H groups in total. The van der Waals surface area contributed by atoms with E-state index in [9.17, 15) is 9.59 Å². The van der Waals surface area contributed by atoms with Crippen LogP contribution in [0, 0.1) is 0 Å². The maximum atomic E-state index is 13.6. The van der Waals surface area contributed by atoms with Gasteiger partial charge in [-0.25, -0.2) is 0 Å². The number of thioether (sulfide) groups is 1. The number of morpholine rings is 1. The highest BCUT2D eigenvalue weighted by atomic mass is 35.5. The number of nitrogens with zero attached hydrogens (tertiary/aromatic N) is 2. The third kappa shape index (κ3) is 7.31. The van der Waals surface area contributed by atoms with Crippen molar-refractivity contribution in [1.82, 2.24) is 14.8 Å². The summed E-state index contributed by atoms with van der Waals surface area (Å²) in [5, 5.41) is 4.13. The number of hydrogen-bond donors (Lipinski definition) is 1. The Bertz CT molecular complexity index is 1470. The van der Waals surface area contributed by atoms with Crippen molar-refractivity contribution in [3.63, 3.8) is 0 Å². The lowest BCUT2D eigenvalue weighted by atomic mass is 10.1. The Morgan fingerprint density at radius 2 is 1.72 bits per heavy atom. The number of aryl methyl sites for hydroxylation is 1. The molecular weight excluding hydrogens is 530 g/mol. The number of hydrogen-bond acceptors (Lipinski definition) is 5. The zero-order valence-corrected chi connectivity index (χ0v) is 23.3. The maximum Gasteiger partial charge on any atom is 0.257 e. The number of nitrogens with one attached hydrogen (secondary N) is 1. The quantitative estimate of drug-likeness (QED) is 0.202. The number of carbonyl (C=O) groups is 1. The number of benzene rings is 3. The molecule has 0 radical (unpaired) electrons. The molecule has 1 saturated heterocycles. The van der Waals surface area contributed by atoms with Gasteiger partial charge in [-0.2, -0.15) is 0 Å². The molecule has 3 aromatic carbocycles. The molecule has 1 fully saturated rings. The maximum absolute atomic E-state index is 13.6. The molecule has 4 aromatic rings. The number of ether oxygens (including phenoxy) is 1. The van der Waals surface area contributed by atoms with Crippen LogP contribution in [-0.2, 0) is 24.4 Å². The van der Waals surface area contributed by atoms with E-state index < -0.39 is 0 Å². The number of aromatic nitrogens is 1. The normalized spacial score (nSPS) is 14.0. The summed E-state index contributed by atoms with van der Waals surface area (Å²) in [6.45, 7) is 4.95. The van der Waals surface area contributed by atoms with Gasteiger partial charge in [0.1, 0.15) is 5.56 Å². The van der Waals surface area contributed by atoms with Crippen molar-refractivity contribution in [3.05, 3.63) is 111 Å². The number of carbonyl (C=O) groups excluding carboxylic acids is 1. The lowest BCUT2D eigenvalue weighted by Crippen LogP contribution is -2.35. The van der Waals surface area contributed by atoms with Gasteiger partial charge in [0.15, 0.2) is 0 Å². The molecule has 0 atom stereocenters. The fraction of sp³-hybridized carbons (Fsp3) is 0.290. The molecule has 0 unspecified atom stereocenters. The summed E-state index contributed by atoms with van der Waals surface area (Å²) < 4.78 is 7.53. The van der Waals surface area contributed by atoms with E-state index in [2.05, 4.69) is 33.0 Å². The van der Waals surface area contributed by atoms with Crippen molar-refractivity contribution < 1.29 is 9.53 Å². The Morgan fingerprint density at radius 1 is 0.974 bits per heavy atom. The summed E-state index contributed by atoms with van der Waals surface area (Å²) in [4.78, 5) is 30.4. The summed E-state index contributed by atoms with van der Waals surface area (Å²) in [5.74, 6) is 0.563. The molecule has 0 spiro atoms. The predicted molar refractivity (Wildman–Crippen MR) is 159 cm³/mol. The molecule has 1 aliphatic heterocycles. The largest absolute Gasteiger partial charge is 0.379 e. The zero-order valence-electron chi connectivity index (χ0n) is 21.8. The van der Waals surface area contributed by atoms with Crippen LogP contribution in [0.25, 0.3) is 10.9 Å². The Labute approximate surface area is 237 Å². The van der Waals surface area contributed by atoms with E-state index in [1.807, 2.05) is 54.2 Å². The van der Waals surface area contributed by atoms with Gasteiger partial charge in [-0.1, -0.05) is 48.0 Å². The second-order valence-corrected chi connectivity index (χ2v) is 11.2. The second-order valence-electron chi connectivity index (χ2n) is 9.63. The predicted octanol–water partition coefficient (Wildman–Crippen LogP) is 5.60. The van der Waals surface area contributed by atoms with Gasteiger partial charge >= 0.3 is 0 Å². The smallest absolute Gasteiger partial charge is 0.257 e. The molecule has 39 heavy (non-hydrogen) atoms. The van der Waals surface area contributed by atoms with Crippen LogP contribution >= 0.6 is 23.4 Å². The molecule has 0 saturated carbocycles. The Morgan fingerprint density at radius 3 is 2.49 bits per heavy atom. The first kappa shape index (κ1) is 27.5. The molecular formula is C31H32ClN3O3S. The van der Waals surface area contributed by atoms with Gasteiger partial charge in [0.2, 0.25) is 5.43 Å². The average molecular weight is 562 g/mol. The van der Waals surface area contributed by atoms with E-state index in [4.69, 9.17) is 16.3 Å². The number of halogens is 1. The lowest BCUT2D eigenvalue weighted by molar-refractivity contribution is 0.0342.